The van der Waals surface area contributed by atoms with E-state index in [0.717, 1.165) is 57.8 Å². The fraction of sp³-hybridized carbons (Fsp3) is 0.786. The molecule has 4 N–H and O–H groups in total. The van der Waals surface area contributed by atoms with E-state index in [4.69, 9.17) is 24.8 Å². The van der Waals surface area contributed by atoms with Crippen LogP contribution >= 0.6 is 7.82 Å². The Morgan fingerprint density at radius 2 is 0.981 bits per heavy atom. The minimum atomic E-state index is -4.72. The van der Waals surface area contributed by atoms with Crippen molar-refractivity contribution in [2.24, 2.45) is 5.73 Å². The van der Waals surface area contributed by atoms with Crippen LogP contribution in [0.1, 0.15) is 181 Å². The second-order valence-corrected chi connectivity index (χ2v) is 15.6. The van der Waals surface area contributed by atoms with Gasteiger partial charge in [-0.3, -0.25) is 23.4 Å². The van der Waals surface area contributed by atoms with Crippen LogP contribution in [0.25, 0.3) is 0 Å². The quantitative estimate of drug-likeness (QED) is 0.0234. The number of carbonyl (C=O) groups is 3. The number of aliphatic carboxylic acids is 1. The number of esters is 2. The molecule has 0 aromatic heterocycles. The molecule has 54 heavy (non-hydrogen) atoms. The van der Waals surface area contributed by atoms with Gasteiger partial charge in [0.1, 0.15) is 12.6 Å². The SMILES string of the molecule is CCCCCC/C=C/CCCCCCCCCC(=O)O[C@H](COC(=O)CCCC/C=C/C/C=C/CCCCCCCC)COP(=O)(O)OC[C@H](N)C(=O)O. The van der Waals surface area contributed by atoms with Crippen LogP contribution in [0, 0.1) is 0 Å². The summed E-state index contributed by atoms with van der Waals surface area (Å²) in [5, 5.41) is 8.87. The topological polar surface area (TPSA) is 172 Å². The normalized spacial score (nSPS) is 14.1. The van der Waals surface area contributed by atoms with Crippen LogP contribution in [0.3, 0.4) is 0 Å². The number of ether oxygens (including phenoxy) is 2. The zero-order valence-electron chi connectivity index (χ0n) is 33.8. The fourth-order valence-corrected chi connectivity index (χ4v) is 6.28. The minimum Gasteiger partial charge on any atom is -0.480 e. The molecule has 0 radical (unpaired) electrons. The van der Waals surface area contributed by atoms with E-state index in [1.165, 1.54) is 83.5 Å². The Bertz CT molecular complexity index is 1060. The number of unbranched alkanes of at least 4 members (excludes halogenated alkanes) is 19. The first-order valence-electron chi connectivity index (χ1n) is 21.0. The van der Waals surface area contributed by atoms with Gasteiger partial charge in [0, 0.05) is 12.8 Å². The third-order valence-electron chi connectivity index (χ3n) is 8.86. The van der Waals surface area contributed by atoms with Crippen molar-refractivity contribution < 1.29 is 47.5 Å². The van der Waals surface area contributed by atoms with Crippen molar-refractivity contribution in [1.29, 1.82) is 0 Å². The molecule has 0 saturated carbocycles. The number of rotatable bonds is 39. The lowest BCUT2D eigenvalue weighted by Crippen LogP contribution is -2.34. The number of phosphoric ester groups is 1. The first kappa shape index (κ1) is 51.7. The molecule has 0 spiro atoms. The van der Waals surface area contributed by atoms with Gasteiger partial charge in [0.2, 0.25) is 0 Å². The van der Waals surface area contributed by atoms with Crippen molar-refractivity contribution in [3.8, 4) is 0 Å². The lowest BCUT2D eigenvalue weighted by Gasteiger charge is -2.20. The third-order valence-corrected chi connectivity index (χ3v) is 9.81. The predicted molar refractivity (Wildman–Crippen MR) is 217 cm³/mol. The third kappa shape index (κ3) is 36.7. The van der Waals surface area contributed by atoms with Gasteiger partial charge >= 0.3 is 25.7 Å². The molecule has 0 aromatic rings. The number of nitrogens with two attached hydrogens (primary N) is 1. The first-order chi connectivity index (χ1) is 26.1. The van der Waals surface area contributed by atoms with Crippen molar-refractivity contribution in [2.75, 3.05) is 19.8 Å². The largest absolute Gasteiger partial charge is 0.480 e. The van der Waals surface area contributed by atoms with Crippen LogP contribution in [-0.4, -0.2) is 59.9 Å². The Balaban J connectivity index is 4.44. The molecular weight excluding hydrogens is 709 g/mol. The molecular formula is C42H76NO10P. The van der Waals surface area contributed by atoms with Gasteiger partial charge in [-0.15, -0.1) is 0 Å². The molecule has 0 aliphatic rings. The van der Waals surface area contributed by atoms with Crippen LogP contribution < -0.4 is 5.73 Å². The number of hydrogen-bond donors (Lipinski definition) is 3. The number of allylic oxidation sites excluding steroid dienone is 6. The summed E-state index contributed by atoms with van der Waals surface area (Å²) in [4.78, 5) is 45.9. The van der Waals surface area contributed by atoms with E-state index >= 15 is 0 Å². The first-order valence-corrected chi connectivity index (χ1v) is 22.5. The summed E-state index contributed by atoms with van der Waals surface area (Å²) in [5.41, 5.74) is 5.32. The van der Waals surface area contributed by atoms with Crippen molar-refractivity contribution in [1.82, 2.24) is 0 Å². The summed E-state index contributed by atoms with van der Waals surface area (Å²) in [7, 11) is -4.72. The molecule has 314 valence electrons. The molecule has 11 nitrogen and oxygen atoms in total. The monoisotopic (exact) mass is 786 g/mol. The standard InChI is InChI=1S/C42H76NO10P/c1-3-5-7-9-11-13-15-17-19-21-23-25-27-29-31-33-40(44)50-35-38(36-51-54(48,49)52-37-39(43)42(46)47)53-41(45)34-32-30-28-26-24-22-20-18-16-14-12-10-8-6-4-2/h14,16-17,19,23,25,38-39H,3-13,15,18,20-22,24,26-37,43H2,1-2H3,(H,46,47)(H,48,49)/b16-14+,19-17+,25-23+/t38-,39+/m1/s1. The van der Waals surface area contributed by atoms with Crippen molar-refractivity contribution >= 4 is 25.7 Å². The molecule has 0 heterocycles. The summed E-state index contributed by atoms with van der Waals surface area (Å²) < 4.78 is 32.6. The molecule has 0 saturated heterocycles. The Morgan fingerprint density at radius 3 is 1.52 bits per heavy atom. The molecule has 0 fully saturated rings. The maximum atomic E-state index is 12.6. The molecule has 0 aromatic carbocycles. The molecule has 0 bridgehead atoms. The van der Waals surface area contributed by atoms with Gasteiger partial charge in [-0.2, -0.15) is 0 Å². The Morgan fingerprint density at radius 1 is 0.574 bits per heavy atom. The van der Waals surface area contributed by atoms with Gasteiger partial charge in [0.15, 0.2) is 6.10 Å². The zero-order chi connectivity index (χ0) is 40.0. The number of carboxylic acids is 1. The maximum Gasteiger partial charge on any atom is 0.472 e. The highest BCUT2D eigenvalue weighted by Gasteiger charge is 2.28. The highest BCUT2D eigenvalue weighted by molar-refractivity contribution is 7.47. The van der Waals surface area contributed by atoms with Gasteiger partial charge in [0.25, 0.3) is 0 Å². The summed E-state index contributed by atoms with van der Waals surface area (Å²) in [6, 6.07) is -1.53. The lowest BCUT2D eigenvalue weighted by molar-refractivity contribution is -0.161. The molecule has 3 atom stereocenters. The fourth-order valence-electron chi connectivity index (χ4n) is 5.50. The second-order valence-electron chi connectivity index (χ2n) is 14.1. The van der Waals surface area contributed by atoms with E-state index in [-0.39, 0.29) is 19.4 Å². The van der Waals surface area contributed by atoms with E-state index in [2.05, 4.69) is 54.8 Å². The second kappa shape index (κ2) is 37.6. The molecule has 1 unspecified atom stereocenters. The Labute approximate surface area is 327 Å². The molecule has 0 aliphatic heterocycles. The summed E-state index contributed by atoms with van der Waals surface area (Å²) >= 11 is 0. The highest BCUT2D eigenvalue weighted by atomic mass is 31.2. The van der Waals surface area contributed by atoms with Gasteiger partial charge in [-0.25, -0.2) is 4.57 Å². The summed E-state index contributed by atoms with van der Waals surface area (Å²) in [5.74, 6) is -2.43. The van der Waals surface area contributed by atoms with Crippen LogP contribution in [0.15, 0.2) is 36.5 Å². The summed E-state index contributed by atoms with van der Waals surface area (Å²) in [6.07, 6.45) is 39.2. The average Bonchev–Trinajstić information content (AvgIpc) is 3.14. The summed E-state index contributed by atoms with van der Waals surface area (Å²) in [6.45, 7) is 2.74. The minimum absolute atomic E-state index is 0.149. The van der Waals surface area contributed by atoms with Gasteiger partial charge in [-0.05, 0) is 70.6 Å². The molecule has 0 amide bonds. The smallest absolute Gasteiger partial charge is 0.472 e. The van der Waals surface area contributed by atoms with Crippen molar-refractivity contribution in [3.05, 3.63) is 36.5 Å². The zero-order valence-corrected chi connectivity index (χ0v) is 34.7. The Hall–Kier alpha value is -2.30. The molecule has 0 aliphatic carbocycles. The van der Waals surface area contributed by atoms with Gasteiger partial charge < -0.3 is 25.2 Å². The number of phosphoric acid groups is 1. The maximum absolute atomic E-state index is 12.6. The van der Waals surface area contributed by atoms with Gasteiger partial charge in [0.05, 0.1) is 13.2 Å². The van der Waals surface area contributed by atoms with E-state index in [1.54, 1.807) is 0 Å². The Kier molecular flexibility index (Phi) is 36.0. The van der Waals surface area contributed by atoms with Crippen LogP contribution in [0.4, 0.5) is 0 Å². The lowest BCUT2D eigenvalue weighted by atomic mass is 10.1. The number of carboxylic acid groups (broad SMARTS) is 1. The number of carbonyl (C=O) groups excluding carboxylic acids is 2. The average molecular weight is 786 g/mol. The van der Waals surface area contributed by atoms with Crippen LogP contribution in [-0.2, 0) is 37.5 Å². The van der Waals surface area contributed by atoms with E-state index in [0.29, 0.717) is 12.8 Å². The van der Waals surface area contributed by atoms with Crippen LogP contribution in [0.2, 0.25) is 0 Å². The van der Waals surface area contributed by atoms with Crippen molar-refractivity contribution in [2.45, 2.75) is 193 Å². The predicted octanol–water partition coefficient (Wildman–Crippen LogP) is 10.8. The van der Waals surface area contributed by atoms with Crippen LogP contribution in [0.5, 0.6) is 0 Å². The van der Waals surface area contributed by atoms with E-state index < -0.39 is 51.1 Å². The van der Waals surface area contributed by atoms with Gasteiger partial charge in [-0.1, -0.05) is 134 Å². The molecule has 0 rings (SSSR count). The van der Waals surface area contributed by atoms with E-state index in [9.17, 15) is 23.8 Å². The van der Waals surface area contributed by atoms with Crippen molar-refractivity contribution in [3.63, 3.8) is 0 Å². The molecule has 12 heteroatoms. The van der Waals surface area contributed by atoms with E-state index in [1.807, 2.05) is 0 Å². The number of hydrogen-bond acceptors (Lipinski definition) is 9. The highest BCUT2D eigenvalue weighted by Crippen LogP contribution is 2.43.